The molecule has 1 aliphatic rings. The summed E-state index contributed by atoms with van der Waals surface area (Å²) in [6.07, 6.45) is 6.01. The van der Waals surface area contributed by atoms with E-state index in [1.165, 1.54) is 6.42 Å². The molecule has 0 spiro atoms. The number of hydrogen-bond donors (Lipinski definition) is 2. The number of halogens is 2. The Bertz CT molecular complexity index is 465. The average molecular weight is 315 g/mol. The Labute approximate surface area is 129 Å². The van der Waals surface area contributed by atoms with Crippen LogP contribution in [0.5, 0.6) is 0 Å². The number of hydrogen-bond acceptors (Lipinski definition) is 2. The highest BCUT2D eigenvalue weighted by molar-refractivity contribution is 6.39. The van der Waals surface area contributed by atoms with Gasteiger partial charge < -0.3 is 11.1 Å². The normalized spacial score (nSPS) is 17.8. The van der Waals surface area contributed by atoms with Gasteiger partial charge in [-0.25, -0.2) is 0 Å². The van der Waals surface area contributed by atoms with Gasteiger partial charge in [-0.05, 0) is 36.9 Å². The van der Waals surface area contributed by atoms with Crippen molar-refractivity contribution in [3.05, 3.63) is 28.2 Å². The lowest BCUT2D eigenvalue weighted by Gasteiger charge is -2.35. The van der Waals surface area contributed by atoms with Crippen LogP contribution in [0, 0.1) is 5.41 Å². The van der Waals surface area contributed by atoms with Gasteiger partial charge in [-0.3, -0.25) is 4.79 Å². The molecule has 0 bridgehead atoms. The van der Waals surface area contributed by atoms with Crippen molar-refractivity contribution in [2.24, 2.45) is 11.1 Å². The lowest BCUT2D eigenvalue weighted by Crippen LogP contribution is -2.36. The number of amides is 1. The number of rotatable bonds is 4. The second-order valence-corrected chi connectivity index (χ2v) is 6.40. The van der Waals surface area contributed by atoms with Crippen LogP contribution >= 0.6 is 23.2 Å². The zero-order valence-corrected chi connectivity index (χ0v) is 12.9. The van der Waals surface area contributed by atoms with Crippen molar-refractivity contribution in [1.82, 2.24) is 0 Å². The molecule has 3 nitrogen and oxygen atoms in total. The Morgan fingerprint density at radius 1 is 1.20 bits per heavy atom. The number of carbonyl (C=O) groups is 1. The van der Waals surface area contributed by atoms with Gasteiger partial charge in [0, 0.05) is 6.42 Å². The van der Waals surface area contributed by atoms with Crippen molar-refractivity contribution in [2.45, 2.75) is 38.5 Å². The first-order valence-corrected chi connectivity index (χ1v) is 7.76. The molecule has 0 unspecified atom stereocenters. The minimum Gasteiger partial charge on any atom is -0.330 e. The summed E-state index contributed by atoms with van der Waals surface area (Å²) >= 11 is 12.1. The standard InChI is InChI=1S/C15H20Cl2N2O/c16-11-5-4-6-12(17)14(11)19-13(20)9-15(10-18)7-2-1-3-8-15/h4-6H,1-3,7-10,18H2,(H,19,20). The van der Waals surface area contributed by atoms with Crippen molar-refractivity contribution < 1.29 is 4.79 Å². The van der Waals surface area contributed by atoms with Crippen LogP contribution in [0.15, 0.2) is 18.2 Å². The minimum absolute atomic E-state index is 0.0595. The maximum absolute atomic E-state index is 12.3. The van der Waals surface area contributed by atoms with Gasteiger partial charge in [0.25, 0.3) is 0 Å². The Morgan fingerprint density at radius 3 is 2.35 bits per heavy atom. The van der Waals surface area contributed by atoms with E-state index < -0.39 is 0 Å². The molecular formula is C15H20Cl2N2O. The van der Waals surface area contributed by atoms with Crippen LogP contribution in [0.25, 0.3) is 0 Å². The fourth-order valence-electron chi connectivity index (χ4n) is 2.90. The number of nitrogens with one attached hydrogen (secondary N) is 1. The summed E-state index contributed by atoms with van der Waals surface area (Å²) in [6.45, 7) is 0.552. The zero-order chi connectivity index (χ0) is 14.6. The highest BCUT2D eigenvalue weighted by atomic mass is 35.5. The predicted octanol–water partition coefficient (Wildman–Crippen LogP) is 4.23. The molecule has 0 aromatic heterocycles. The Kier molecular flexibility index (Phi) is 5.30. The molecule has 0 heterocycles. The van der Waals surface area contributed by atoms with Gasteiger partial charge in [0.05, 0.1) is 15.7 Å². The summed E-state index contributed by atoms with van der Waals surface area (Å²) in [4.78, 5) is 12.3. The molecule has 1 fully saturated rings. The third-order valence-corrected chi connectivity index (χ3v) is 4.74. The summed E-state index contributed by atoms with van der Waals surface area (Å²) in [6, 6.07) is 5.17. The van der Waals surface area contributed by atoms with Crippen molar-refractivity contribution in [2.75, 3.05) is 11.9 Å². The maximum Gasteiger partial charge on any atom is 0.225 e. The quantitative estimate of drug-likeness (QED) is 0.873. The second kappa shape index (κ2) is 6.79. The summed E-state index contributed by atoms with van der Waals surface area (Å²) in [7, 11) is 0. The lowest BCUT2D eigenvalue weighted by molar-refractivity contribution is -0.118. The second-order valence-electron chi connectivity index (χ2n) is 5.59. The highest BCUT2D eigenvalue weighted by Crippen LogP contribution is 2.39. The molecule has 2 rings (SSSR count). The van der Waals surface area contributed by atoms with Crippen molar-refractivity contribution in [1.29, 1.82) is 0 Å². The molecule has 20 heavy (non-hydrogen) atoms. The third-order valence-electron chi connectivity index (χ3n) is 4.11. The third kappa shape index (κ3) is 3.66. The van der Waals surface area contributed by atoms with E-state index in [-0.39, 0.29) is 11.3 Å². The molecule has 110 valence electrons. The molecule has 1 amide bonds. The van der Waals surface area contributed by atoms with Crippen molar-refractivity contribution >= 4 is 34.8 Å². The maximum atomic E-state index is 12.3. The predicted molar refractivity (Wildman–Crippen MR) is 84.3 cm³/mol. The topological polar surface area (TPSA) is 55.1 Å². The highest BCUT2D eigenvalue weighted by Gasteiger charge is 2.33. The van der Waals surface area contributed by atoms with Crippen molar-refractivity contribution in [3.63, 3.8) is 0 Å². The van der Waals surface area contributed by atoms with Crippen LogP contribution < -0.4 is 11.1 Å². The molecule has 3 N–H and O–H groups in total. The van der Waals surface area contributed by atoms with Gasteiger partial charge in [-0.2, -0.15) is 0 Å². The Hall–Kier alpha value is -0.770. The van der Waals surface area contributed by atoms with Gasteiger partial charge in [0.15, 0.2) is 0 Å². The average Bonchev–Trinajstić information content (AvgIpc) is 2.44. The molecule has 1 aromatic rings. The van der Waals surface area contributed by atoms with E-state index in [0.717, 1.165) is 25.7 Å². The first-order valence-electron chi connectivity index (χ1n) is 7.00. The van der Waals surface area contributed by atoms with E-state index in [2.05, 4.69) is 5.32 Å². The lowest BCUT2D eigenvalue weighted by atomic mass is 9.71. The van der Waals surface area contributed by atoms with Crippen LogP contribution in [-0.2, 0) is 4.79 Å². The van der Waals surface area contributed by atoms with E-state index in [9.17, 15) is 4.79 Å². The van der Waals surface area contributed by atoms with Crippen LogP contribution in [0.2, 0.25) is 10.0 Å². The molecule has 0 saturated heterocycles. The Balaban J connectivity index is 2.05. The van der Waals surface area contributed by atoms with Crippen LogP contribution in [0.1, 0.15) is 38.5 Å². The van der Waals surface area contributed by atoms with Gasteiger partial charge in [0.2, 0.25) is 5.91 Å². The smallest absolute Gasteiger partial charge is 0.225 e. The molecule has 0 atom stereocenters. The number of para-hydroxylation sites is 1. The fraction of sp³-hybridized carbons (Fsp3) is 0.533. The van der Waals surface area contributed by atoms with Gasteiger partial charge in [-0.15, -0.1) is 0 Å². The van der Waals surface area contributed by atoms with Crippen LogP contribution in [-0.4, -0.2) is 12.5 Å². The zero-order valence-electron chi connectivity index (χ0n) is 11.4. The minimum atomic E-state index is -0.0626. The summed E-state index contributed by atoms with van der Waals surface area (Å²) < 4.78 is 0. The SMILES string of the molecule is NCC1(CC(=O)Nc2c(Cl)cccc2Cl)CCCCC1. The fourth-order valence-corrected chi connectivity index (χ4v) is 3.39. The molecule has 5 heteroatoms. The summed E-state index contributed by atoms with van der Waals surface area (Å²) in [5.41, 5.74) is 6.34. The first-order chi connectivity index (χ1) is 9.56. The number of anilines is 1. The molecule has 1 aliphatic carbocycles. The van der Waals surface area contributed by atoms with E-state index in [4.69, 9.17) is 28.9 Å². The van der Waals surface area contributed by atoms with Gasteiger partial charge >= 0.3 is 0 Å². The van der Waals surface area contributed by atoms with E-state index in [0.29, 0.717) is 28.7 Å². The van der Waals surface area contributed by atoms with Crippen LogP contribution in [0.4, 0.5) is 5.69 Å². The molecule has 0 radical (unpaired) electrons. The Morgan fingerprint density at radius 2 is 1.80 bits per heavy atom. The number of nitrogens with two attached hydrogens (primary N) is 1. The molecule has 0 aliphatic heterocycles. The number of benzene rings is 1. The molecular weight excluding hydrogens is 295 g/mol. The largest absolute Gasteiger partial charge is 0.330 e. The first kappa shape index (κ1) is 15.6. The van der Waals surface area contributed by atoms with E-state index in [1.807, 2.05) is 0 Å². The van der Waals surface area contributed by atoms with Crippen LogP contribution in [0.3, 0.4) is 0 Å². The van der Waals surface area contributed by atoms with Crippen molar-refractivity contribution in [3.8, 4) is 0 Å². The van der Waals surface area contributed by atoms with Gasteiger partial charge in [-0.1, -0.05) is 48.5 Å². The summed E-state index contributed by atoms with van der Waals surface area (Å²) in [5.74, 6) is -0.0626. The van der Waals surface area contributed by atoms with E-state index in [1.54, 1.807) is 18.2 Å². The summed E-state index contributed by atoms with van der Waals surface area (Å²) in [5, 5.41) is 3.74. The van der Waals surface area contributed by atoms with Gasteiger partial charge in [0.1, 0.15) is 0 Å². The number of carbonyl (C=O) groups excluding carboxylic acids is 1. The van der Waals surface area contributed by atoms with E-state index >= 15 is 0 Å². The monoisotopic (exact) mass is 314 g/mol. The molecule has 1 saturated carbocycles. The molecule has 1 aromatic carbocycles.